The van der Waals surface area contributed by atoms with Crippen LogP contribution in [0.1, 0.15) is 36.7 Å². The van der Waals surface area contributed by atoms with Gasteiger partial charge in [0, 0.05) is 20.1 Å². The first-order chi connectivity index (χ1) is 9.85. The molecule has 0 aliphatic carbocycles. The van der Waals surface area contributed by atoms with Gasteiger partial charge in [-0.25, -0.2) is 0 Å². The van der Waals surface area contributed by atoms with Gasteiger partial charge in [-0.05, 0) is 18.1 Å². The van der Waals surface area contributed by atoms with Crippen molar-refractivity contribution >= 4 is 0 Å². The molecule has 0 unspecified atom stereocenters. The molecule has 0 spiro atoms. The van der Waals surface area contributed by atoms with Crippen molar-refractivity contribution in [2.75, 3.05) is 13.7 Å². The summed E-state index contributed by atoms with van der Waals surface area (Å²) in [4.78, 5) is 0. The molecule has 2 aromatic carbocycles. The second-order valence-corrected chi connectivity index (χ2v) is 4.73. The summed E-state index contributed by atoms with van der Waals surface area (Å²) >= 11 is 0. The van der Waals surface area contributed by atoms with Gasteiger partial charge in [-0.1, -0.05) is 60.7 Å². The van der Waals surface area contributed by atoms with E-state index in [1.165, 1.54) is 11.1 Å². The van der Waals surface area contributed by atoms with E-state index in [4.69, 9.17) is 9.47 Å². The Balaban J connectivity index is 2.14. The first-order valence-electron chi connectivity index (χ1n) is 7.09. The van der Waals surface area contributed by atoms with E-state index in [-0.39, 0.29) is 12.2 Å². The van der Waals surface area contributed by atoms with Crippen LogP contribution in [-0.4, -0.2) is 13.7 Å². The SMILES string of the molecule is CCO[C@H](C[C@@H](OC)c1ccccc1)c1ccccc1. The lowest BCUT2D eigenvalue weighted by Gasteiger charge is -2.23. The minimum absolute atomic E-state index is 0.0490. The summed E-state index contributed by atoms with van der Waals surface area (Å²) in [5, 5.41) is 0. The molecular weight excluding hydrogens is 248 g/mol. The Morgan fingerprint density at radius 2 is 1.30 bits per heavy atom. The molecule has 0 saturated carbocycles. The number of methoxy groups -OCH3 is 1. The third-order valence-electron chi connectivity index (χ3n) is 3.42. The lowest BCUT2D eigenvalue weighted by atomic mass is 9.98. The van der Waals surface area contributed by atoms with Crippen molar-refractivity contribution in [1.82, 2.24) is 0 Å². The zero-order chi connectivity index (χ0) is 14.2. The fourth-order valence-electron chi connectivity index (χ4n) is 2.40. The molecule has 0 aliphatic heterocycles. The van der Waals surface area contributed by atoms with E-state index < -0.39 is 0 Å². The van der Waals surface area contributed by atoms with Crippen LogP contribution in [0.15, 0.2) is 60.7 Å². The number of ether oxygens (including phenoxy) is 2. The first-order valence-corrected chi connectivity index (χ1v) is 7.09. The van der Waals surface area contributed by atoms with Crippen LogP contribution in [0.2, 0.25) is 0 Å². The van der Waals surface area contributed by atoms with E-state index in [2.05, 4.69) is 24.3 Å². The summed E-state index contributed by atoms with van der Waals surface area (Å²) in [6.07, 6.45) is 0.928. The highest BCUT2D eigenvalue weighted by Gasteiger charge is 2.19. The highest BCUT2D eigenvalue weighted by molar-refractivity contribution is 5.21. The van der Waals surface area contributed by atoms with Gasteiger partial charge in [-0.15, -0.1) is 0 Å². The van der Waals surface area contributed by atoms with Crippen LogP contribution in [0.5, 0.6) is 0 Å². The summed E-state index contributed by atoms with van der Waals surface area (Å²) in [7, 11) is 1.76. The molecule has 2 atom stereocenters. The molecule has 0 N–H and O–H groups in total. The lowest BCUT2D eigenvalue weighted by Crippen LogP contribution is -2.11. The van der Waals surface area contributed by atoms with Crippen LogP contribution >= 0.6 is 0 Å². The van der Waals surface area contributed by atoms with E-state index in [1.54, 1.807) is 7.11 Å². The van der Waals surface area contributed by atoms with Crippen molar-refractivity contribution < 1.29 is 9.47 Å². The maximum atomic E-state index is 5.90. The van der Waals surface area contributed by atoms with Gasteiger partial charge in [0.2, 0.25) is 0 Å². The Morgan fingerprint density at radius 1 is 0.800 bits per heavy atom. The van der Waals surface area contributed by atoms with Gasteiger partial charge in [-0.3, -0.25) is 0 Å². The maximum absolute atomic E-state index is 5.90. The Kier molecular flexibility index (Phi) is 5.78. The van der Waals surface area contributed by atoms with Gasteiger partial charge in [0.25, 0.3) is 0 Å². The Morgan fingerprint density at radius 3 is 1.75 bits per heavy atom. The Bertz CT molecular complexity index is 481. The summed E-state index contributed by atoms with van der Waals surface area (Å²) in [5.41, 5.74) is 2.39. The molecule has 0 saturated heterocycles. The van der Waals surface area contributed by atoms with Gasteiger partial charge in [0.05, 0.1) is 12.2 Å². The predicted octanol–water partition coefficient (Wildman–Crippen LogP) is 4.54. The lowest BCUT2D eigenvalue weighted by molar-refractivity contribution is 0.00178. The van der Waals surface area contributed by atoms with Crippen LogP contribution in [0.3, 0.4) is 0 Å². The average molecular weight is 270 g/mol. The molecule has 2 aromatic rings. The van der Waals surface area contributed by atoms with Gasteiger partial charge in [-0.2, -0.15) is 0 Å². The Labute approximate surface area is 121 Å². The molecule has 2 heteroatoms. The third-order valence-corrected chi connectivity index (χ3v) is 3.42. The van der Waals surface area contributed by atoms with E-state index in [0.29, 0.717) is 6.61 Å². The molecule has 0 amide bonds. The topological polar surface area (TPSA) is 18.5 Å². The molecule has 0 fully saturated rings. The van der Waals surface area contributed by atoms with Crippen molar-refractivity contribution in [3.63, 3.8) is 0 Å². The molecule has 0 heterocycles. The molecule has 0 radical (unpaired) electrons. The van der Waals surface area contributed by atoms with Crippen molar-refractivity contribution in [1.29, 1.82) is 0 Å². The van der Waals surface area contributed by atoms with E-state index >= 15 is 0 Å². The summed E-state index contributed by atoms with van der Waals surface area (Å²) in [5.74, 6) is 0. The number of hydrogen-bond donors (Lipinski definition) is 0. The van der Waals surface area contributed by atoms with Crippen molar-refractivity contribution in [2.45, 2.75) is 25.6 Å². The first kappa shape index (κ1) is 14.8. The van der Waals surface area contributed by atoms with Crippen LogP contribution in [-0.2, 0) is 9.47 Å². The molecule has 20 heavy (non-hydrogen) atoms. The third kappa shape index (κ3) is 3.92. The molecule has 2 nitrogen and oxygen atoms in total. The zero-order valence-corrected chi connectivity index (χ0v) is 12.2. The van der Waals surface area contributed by atoms with Crippen molar-refractivity contribution in [3.8, 4) is 0 Å². The summed E-state index contributed by atoms with van der Waals surface area (Å²) in [6.45, 7) is 2.73. The largest absolute Gasteiger partial charge is 0.377 e. The normalized spacial score (nSPS) is 13.9. The van der Waals surface area contributed by atoms with Gasteiger partial charge < -0.3 is 9.47 Å². The zero-order valence-electron chi connectivity index (χ0n) is 12.2. The summed E-state index contributed by atoms with van der Waals surface area (Å²) < 4.78 is 11.6. The number of benzene rings is 2. The second kappa shape index (κ2) is 7.83. The van der Waals surface area contributed by atoms with Gasteiger partial charge >= 0.3 is 0 Å². The summed E-state index contributed by atoms with van der Waals surface area (Å²) in [6, 6.07) is 20.6. The average Bonchev–Trinajstić information content (AvgIpc) is 2.53. The molecule has 106 valence electrons. The predicted molar refractivity (Wildman–Crippen MR) is 81.6 cm³/mol. The second-order valence-electron chi connectivity index (χ2n) is 4.73. The van der Waals surface area contributed by atoms with Crippen LogP contribution in [0.4, 0.5) is 0 Å². The van der Waals surface area contributed by atoms with Crippen molar-refractivity contribution in [2.24, 2.45) is 0 Å². The van der Waals surface area contributed by atoms with E-state index in [1.807, 2.05) is 43.3 Å². The monoisotopic (exact) mass is 270 g/mol. The standard InChI is InChI=1S/C18H22O2/c1-3-20-18(16-12-8-5-9-13-16)14-17(19-2)15-10-6-4-7-11-15/h4-13,17-18H,3,14H2,1-2H3/t17-,18-/m1/s1. The molecular formula is C18H22O2. The molecule has 2 rings (SSSR count). The van der Waals surface area contributed by atoms with Gasteiger partial charge in [0.15, 0.2) is 0 Å². The quantitative estimate of drug-likeness (QED) is 0.735. The van der Waals surface area contributed by atoms with Crippen LogP contribution < -0.4 is 0 Å². The molecule has 0 aromatic heterocycles. The minimum atomic E-state index is 0.0490. The van der Waals surface area contributed by atoms with E-state index in [9.17, 15) is 0 Å². The minimum Gasteiger partial charge on any atom is -0.377 e. The number of hydrogen-bond acceptors (Lipinski definition) is 2. The van der Waals surface area contributed by atoms with Crippen LogP contribution in [0.25, 0.3) is 0 Å². The molecule has 0 bridgehead atoms. The maximum Gasteiger partial charge on any atom is 0.0852 e. The van der Waals surface area contributed by atoms with Gasteiger partial charge in [0.1, 0.15) is 0 Å². The Hall–Kier alpha value is -1.64. The highest BCUT2D eigenvalue weighted by Crippen LogP contribution is 2.31. The fourth-order valence-corrected chi connectivity index (χ4v) is 2.40. The van der Waals surface area contributed by atoms with E-state index in [0.717, 1.165) is 6.42 Å². The highest BCUT2D eigenvalue weighted by atomic mass is 16.5. The van der Waals surface area contributed by atoms with Crippen LogP contribution in [0, 0.1) is 0 Å². The fraction of sp³-hybridized carbons (Fsp3) is 0.333. The smallest absolute Gasteiger partial charge is 0.0852 e. The number of rotatable bonds is 7. The molecule has 0 aliphatic rings. The van der Waals surface area contributed by atoms with Crippen molar-refractivity contribution in [3.05, 3.63) is 71.8 Å².